The van der Waals surface area contributed by atoms with Crippen LogP contribution in [-0.2, 0) is 11.3 Å². The normalized spacial score (nSPS) is 10.2. The monoisotopic (exact) mass is 230 g/mol. The van der Waals surface area contributed by atoms with Crippen LogP contribution in [0.25, 0.3) is 0 Å². The van der Waals surface area contributed by atoms with Gasteiger partial charge in [0, 0.05) is 25.0 Å². The minimum atomic E-state index is 0.0697. The van der Waals surface area contributed by atoms with E-state index in [0.29, 0.717) is 25.4 Å². The van der Waals surface area contributed by atoms with E-state index in [1.54, 1.807) is 17.1 Å². The van der Waals surface area contributed by atoms with Crippen molar-refractivity contribution in [2.45, 2.75) is 25.8 Å². The fourth-order valence-corrected chi connectivity index (χ4v) is 1.32. The van der Waals surface area contributed by atoms with Crippen molar-refractivity contribution in [3.63, 3.8) is 0 Å². The van der Waals surface area contributed by atoms with E-state index in [4.69, 9.17) is 11.6 Å². The highest BCUT2D eigenvalue weighted by Gasteiger charge is 1.99. The Labute approximate surface area is 93.8 Å². The van der Waals surface area contributed by atoms with E-state index in [2.05, 4.69) is 15.6 Å². The maximum atomic E-state index is 11.2. The summed E-state index contributed by atoms with van der Waals surface area (Å²) in [5.74, 6) is 0.687. The molecule has 15 heavy (non-hydrogen) atoms. The Morgan fingerprint density at radius 3 is 3.00 bits per heavy atom. The number of aromatic nitrogens is 3. The van der Waals surface area contributed by atoms with Crippen LogP contribution in [-0.4, -0.2) is 33.3 Å². The summed E-state index contributed by atoms with van der Waals surface area (Å²) in [6.07, 6.45) is 5.66. The molecule has 1 aromatic rings. The Kier molecular flexibility index (Phi) is 5.77. The topological polar surface area (TPSA) is 59.8 Å². The van der Waals surface area contributed by atoms with E-state index in [0.717, 1.165) is 12.8 Å². The van der Waals surface area contributed by atoms with Crippen LogP contribution in [0.2, 0.25) is 0 Å². The summed E-state index contributed by atoms with van der Waals surface area (Å²) >= 11 is 5.51. The van der Waals surface area contributed by atoms with Gasteiger partial charge in [-0.05, 0) is 12.8 Å². The van der Waals surface area contributed by atoms with Crippen LogP contribution in [0.1, 0.15) is 19.3 Å². The Hall–Kier alpha value is -1.10. The summed E-state index contributed by atoms with van der Waals surface area (Å²) in [6, 6.07) is 0. The molecule has 0 unspecified atom stereocenters. The van der Waals surface area contributed by atoms with Gasteiger partial charge in [0.15, 0.2) is 0 Å². The average molecular weight is 231 g/mol. The zero-order chi connectivity index (χ0) is 10.9. The Morgan fingerprint density at radius 2 is 2.33 bits per heavy atom. The highest BCUT2D eigenvalue weighted by atomic mass is 35.5. The van der Waals surface area contributed by atoms with Gasteiger partial charge in [-0.2, -0.15) is 0 Å². The minimum absolute atomic E-state index is 0.0697. The van der Waals surface area contributed by atoms with Crippen molar-refractivity contribution >= 4 is 17.5 Å². The van der Waals surface area contributed by atoms with Crippen LogP contribution in [0.4, 0.5) is 0 Å². The van der Waals surface area contributed by atoms with Crippen LogP contribution in [0.15, 0.2) is 12.4 Å². The second-order valence-electron chi connectivity index (χ2n) is 3.16. The molecule has 1 rings (SSSR count). The largest absolute Gasteiger partial charge is 0.354 e. The van der Waals surface area contributed by atoms with Gasteiger partial charge < -0.3 is 5.32 Å². The number of halogens is 1. The molecule has 1 heterocycles. The smallest absolute Gasteiger partial charge is 0.220 e. The number of alkyl halides is 1. The third-order valence-electron chi connectivity index (χ3n) is 1.92. The maximum absolute atomic E-state index is 11.2. The lowest BCUT2D eigenvalue weighted by Crippen LogP contribution is -2.27. The second kappa shape index (κ2) is 7.23. The molecule has 6 heteroatoms. The molecular formula is C9H15ClN4O. The third kappa shape index (κ3) is 5.37. The number of nitrogens with one attached hydrogen (secondary N) is 1. The summed E-state index contributed by atoms with van der Waals surface area (Å²) in [5.41, 5.74) is 0. The predicted molar refractivity (Wildman–Crippen MR) is 57.6 cm³/mol. The molecule has 0 spiro atoms. The van der Waals surface area contributed by atoms with Gasteiger partial charge in [0.05, 0.1) is 12.7 Å². The van der Waals surface area contributed by atoms with Crippen LogP contribution in [0.3, 0.4) is 0 Å². The molecule has 84 valence electrons. The number of rotatable bonds is 7. The van der Waals surface area contributed by atoms with E-state index < -0.39 is 0 Å². The Morgan fingerprint density at radius 1 is 1.47 bits per heavy atom. The molecule has 0 bridgehead atoms. The van der Waals surface area contributed by atoms with Gasteiger partial charge in [-0.15, -0.1) is 16.7 Å². The molecule has 0 saturated carbocycles. The zero-order valence-corrected chi connectivity index (χ0v) is 9.28. The SMILES string of the molecule is O=C(CCCCCl)NCCn1ccnn1. The number of amides is 1. The zero-order valence-electron chi connectivity index (χ0n) is 8.53. The van der Waals surface area contributed by atoms with Gasteiger partial charge >= 0.3 is 0 Å². The molecule has 0 aliphatic rings. The first-order valence-corrected chi connectivity index (χ1v) is 5.53. The fraction of sp³-hybridized carbons (Fsp3) is 0.667. The van der Waals surface area contributed by atoms with Crippen molar-refractivity contribution in [2.75, 3.05) is 12.4 Å². The molecule has 1 aromatic heterocycles. The second-order valence-corrected chi connectivity index (χ2v) is 3.54. The standard InChI is InChI=1S/C9H15ClN4O/c10-4-2-1-3-9(15)11-5-7-14-8-6-12-13-14/h6,8H,1-5,7H2,(H,11,15). The van der Waals surface area contributed by atoms with Crippen LogP contribution in [0, 0.1) is 0 Å². The predicted octanol–water partition coefficient (Wildman–Crippen LogP) is 0.803. The number of nitrogens with zero attached hydrogens (tertiary/aromatic N) is 3. The first-order valence-electron chi connectivity index (χ1n) is 4.99. The van der Waals surface area contributed by atoms with Crippen molar-refractivity contribution in [3.8, 4) is 0 Å². The molecule has 1 amide bonds. The molecule has 0 aliphatic carbocycles. The number of carbonyl (C=O) groups excluding carboxylic acids is 1. The maximum Gasteiger partial charge on any atom is 0.220 e. The first kappa shape index (κ1) is 12.0. The number of hydrogen-bond donors (Lipinski definition) is 1. The molecule has 0 fully saturated rings. The third-order valence-corrected chi connectivity index (χ3v) is 2.19. The lowest BCUT2D eigenvalue weighted by molar-refractivity contribution is -0.121. The Bertz CT molecular complexity index is 276. The molecular weight excluding hydrogens is 216 g/mol. The molecule has 0 radical (unpaired) electrons. The van der Waals surface area contributed by atoms with Crippen LogP contribution in [0.5, 0.6) is 0 Å². The van der Waals surface area contributed by atoms with Gasteiger partial charge in [-0.3, -0.25) is 9.48 Å². The average Bonchev–Trinajstić information content (AvgIpc) is 2.71. The lowest BCUT2D eigenvalue weighted by Gasteiger charge is -2.04. The van der Waals surface area contributed by atoms with Crippen molar-refractivity contribution in [3.05, 3.63) is 12.4 Å². The first-order chi connectivity index (χ1) is 7.33. The van der Waals surface area contributed by atoms with E-state index in [-0.39, 0.29) is 5.91 Å². The molecule has 0 atom stereocenters. The van der Waals surface area contributed by atoms with Gasteiger partial charge in [0.1, 0.15) is 0 Å². The van der Waals surface area contributed by atoms with Crippen molar-refractivity contribution < 1.29 is 4.79 Å². The summed E-state index contributed by atoms with van der Waals surface area (Å²) < 4.78 is 1.68. The number of carbonyl (C=O) groups is 1. The van der Waals surface area contributed by atoms with Gasteiger partial charge in [-0.1, -0.05) is 5.21 Å². The highest BCUT2D eigenvalue weighted by molar-refractivity contribution is 6.17. The summed E-state index contributed by atoms with van der Waals surface area (Å²) in [6.45, 7) is 1.24. The number of unbranched alkanes of at least 4 members (excludes halogenated alkanes) is 1. The van der Waals surface area contributed by atoms with Gasteiger partial charge in [0.2, 0.25) is 5.91 Å². The van der Waals surface area contributed by atoms with E-state index in [1.807, 2.05) is 0 Å². The van der Waals surface area contributed by atoms with Crippen molar-refractivity contribution in [1.82, 2.24) is 20.3 Å². The molecule has 0 saturated heterocycles. The van der Waals surface area contributed by atoms with Crippen LogP contribution < -0.4 is 5.32 Å². The highest BCUT2D eigenvalue weighted by Crippen LogP contribution is 1.96. The van der Waals surface area contributed by atoms with Gasteiger partial charge in [0.25, 0.3) is 0 Å². The summed E-state index contributed by atoms with van der Waals surface area (Å²) in [4.78, 5) is 11.2. The molecule has 0 aromatic carbocycles. The van der Waals surface area contributed by atoms with Crippen molar-refractivity contribution in [1.29, 1.82) is 0 Å². The van der Waals surface area contributed by atoms with Gasteiger partial charge in [-0.25, -0.2) is 0 Å². The number of hydrogen-bond acceptors (Lipinski definition) is 3. The van der Waals surface area contributed by atoms with E-state index >= 15 is 0 Å². The summed E-state index contributed by atoms with van der Waals surface area (Å²) in [5, 5.41) is 10.3. The van der Waals surface area contributed by atoms with E-state index in [9.17, 15) is 4.79 Å². The van der Waals surface area contributed by atoms with Crippen LogP contribution >= 0.6 is 11.6 Å². The molecule has 5 nitrogen and oxygen atoms in total. The molecule has 0 aliphatic heterocycles. The minimum Gasteiger partial charge on any atom is -0.354 e. The van der Waals surface area contributed by atoms with Crippen molar-refractivity contribution in [2.24, 2.45) is 0 Å². The fourth-order valence-electron chi connectivity index (χ4n) is 1.13. The quantitative estimate of drug-likeness (QED) is 0.557. The lowest BCUT2D eigenvalue weighted by atomic mass is 10.2. The summed E-state index contributed by atoms with van der Waals surface area (Å²) in [7, 11) is 0. The molecule has 1 N–H and O–H groups in total. The van der Waals surface area contributed by atoms with E-state index in [1.165, 1.54) is 0 Å². The Balaban J connectivity index is 2.02.